The summed E-state index contributed by atoms with van der Waals surface area (Å²) in [5.41, 5.74) is 0.205. The quantitative estimate of drug-likeness (QED) is 0.736. The van der Waals surface area contributed by atoms with Gasteiger partial charge in [-0.15, -0.1) is 5.10 Å². The molecule has 0 unspecified atom stereocenters. The highest BCUT2D eigenvalue weighted by molar-refractivity contribution is 5.83. The van der Waals surface area contributed by atoms with E-state index in [-0.39, 0.29) is 24.4 Å². The first-order chi connectivity index (χ1) is 13.0. The lowest BCUT2D eigenvalue weighted by Crippen LogP contribution is -2.44. The maximum atomic E-state index is 12.4. The first-order valence-corrected chi connectivity index (χ1v) is 9.26. The number of carbonyl (C=O) groups is 2. The van der Waals surface area contributed by atoms with E-state index in [0.29, 0.717) is 29.9 Å². The number of ether oxygens (including phenoxy) is 1. The number of esters is 1. The van der Waals surface area contributed by atoms with Crippen LogP contribution >= 0.6 is 0 Å². The number of aromatic nitrogens is 3. The van der Waals surface area contributed by atoms with E-state index in [1.807, 2.05) is 0 Å². The Kier molecular flexibility index (Phi) is 5.83. The van der Waals surface area contributed by atoms with Gasteiger partial charge in [-0.25, -0.2) is 4.68 Å². The van der Waals surface area contributed by atoms with Crippen LogP contribution in [0.2, 0.25) is 0 Å². The van der Waals surface area contributed by atoms with Crippen molar-refractivity contribution in [2.24, 2.45) is 5.92 Å². The smallest absolute Gasteiger partial charge is 0.308 e. The topological polar surface area (TPSA) is 94.4 Å². The molecule has 144 valence electrons. The molecular formula is C19H24N4O4. The lowest BCUT2D eigenvalue weighted by atomic mass is 9.99. The van der Waals surface area contributed by atoms with Crippen LogP contribution in [0.5, 0.6) is 0 Å². The Hall–Kier alpha value is -2.77. The molecule has 1 aromatic carbocycles. The van der Waals surface area contributed by atoms with Gasteiger partial charge in [0.1, 0.15) is 5.52 Å². The summed E-state index contributed by atoms with van der Waals surface area (Å²) in [5.74, 6) is -0.0886. The molecule has 2 heterocycles. The number of carbonyl (C=O) groups excluding carboxylic acids is 2. The number of amides is 1. The van der Waals surface area contributed by atoms with E-state index in [0.717, 1.165) is 17.5 Å². The van der Waals surface area contributed by atoms with E-state index in [2.05, 4.69) is 17.2 Å². The van der Waals surface area contributed by atoms with Gasteiger partial charge in [0, 0.05) is 13.1 Å². The van der Waals surface area contributed by atoms with E-state index >= 15 is 0 Å². The predicted molar refractivity (Wildman–Crippen MR) is 98.9 cm³/mol. The first kappa shape index (κ1) is 19.0. The summed E-state index contributed by atoms with van der Waals surface area (Å²) < 4.78 is 6.39. The van der Waals surface area contributed by atoms with Crippen molar-refractivity contribution in [3.8, 4) is 0 Å². The molecule has 27 heavy (non-hydrogen) atoms. The Bertz CT molecular complexity index is 887. The number of likely N-dealkylation sites (tertiary alicyclic amines) is 1. The van der Waals surface area contributed by atoms with Crippen LogP contribution in [-0.4, -0.2) is 51.0 Å². The lowest BCUT2D eigenvalue weighted by molar-refractivity contribution is -0.160. The van der Waals surface area contributed by atoms with Crippen molar-refractivity contribution in [2.45, 2.75) is 45.8 Å². The largest absolute Gasteiger partial charge is 0.452 e. The molecule has 0 saturated carbocycles. The average Bonchev–Trinajstić information content (AvgIpc) is 2.67. The standard InChI is InChI=1S/C19H24N4O4/c1-13-7-10-22(11-8-13)18(25)14(2)27-17(24)9-12-23-19(26)15-5-3-4-6-16(15)20-21-23/h3-6,13-14H,7-12H2,1-2H3/t14-/m1/s1. The molecule has 1 saturated heterocycles. The van der Waals surface area contributed by atoms with E-state index in [9.17, 15) is 14.4 Å². The van der Waals surface area contributed by atoms with Crippen molar-refractivity contribution in [1.82, 2.24) is 19.9 Å². The van der Waals surface area contributed by atoms with Gasteiger partial charge in [-0.1, -0.05) is 24.3 Å². The number of hydrogen-bond acceptors (Lipinski definition) is 6. The Morgan fingerprint density at radius 2 is 1.96 bits per heavy atom. The monoisotopic (exact) mass is 372 g/mol. The Morgan fingerprint density at radius 3 is 2.70 bits per heavy atom. The molecule has 1 fully saturated rings. The maximum absolute atomic E-state index is 12.4. The SMILES string of the molecule is CC1CCN(C(=O)[C@@H](C)OC(=O)CCn2nnc3ccccc3c2=O)CC1. The van der Waals surface area contributed by atoms with Crippen LogP contribution in [0.15, 0.2) is 29.1 Å². The van der Waals surface area contributed by atoms with Gasteiger partial charge < -0.3 is 9.64 Å². The summed E-state index contributed by atoms with van der Waals surface area (Å²) in [6.07, 6.45) is 1.05. The Balaban J connectivity index is 1.54. The fraction of sp³-hybridized carbons (Fsp3) is 0.526. The molecule has 3 rings (SSSR count). The van der Waals surface area contributed by atoms with Gasteiger partial charge >= 0.3 is 5.97 Å². The fourth-order valence-electron chi connectivity index (χ4n) is 3.16. The van der Waals surface area contributed by atoms with Crippen LogP contribution in [-0.2, 0) is 20.9 Å². The van der Waals surface area contributed by atoms with Gasteiger partial charge in [-0.05, 0) is 37.8 Å². The van der Waals surface area contributed by atoms with Crippen LogP contribution in [0, 0.1) is 5.92 Å². The zero-order valence-electron chi connectivity index (χ0n) is 15.6. The number of rotatable bonds is 5. The number of fused-ring (bicyclic) bond motifs is 1. The van der Waals surface area contributed by atoms with Gasteiger partial charge in [0.05, 0.1) is 18.4 Å². The van der Waals surface area contributed by atoms with Crippen molar-refractivity contribution in [3.05, 3.63) is 34.6 Å². The highest BCUT2D eigenvalue weighted by Crippen LogP contribution is 2.17. The summed E-state index contributed by atoms with van der Waals surface area (Å²) in [6, 6.07) is 6.90. The molecule has 0 spiro atoms. The van der Waals surface area contributed by atoms with Gasteiger partial charge in [0.15, 0.2) is 6.10 Å². The third-order valence-corrected chi connectivity index (χ3v) is 4.91. The van der Waals surface area contributed by atoms with Gasteiger partial charge in [-0.3, -0.25) is 14.4 Å². The molecule has 8 nitrogen and oxygen atoms in total. The number of piperidine rings is 1. The summed E-state index contributed by atoms with van der Waals surface area (Å²) >= 11 is 0. The van der Waals surface area contributed by atoms with E-state index in [4.69, 9.17) is 4.74 Å². The summed E-state index contributed by atoms with van der Waals surface area (Å²) in [6.45, 7) is 5.20. The molecule has 0 aliphatic carbocycles. The Labute approximate surface area is 157 Å². The molecule has 1 aliphatic rings. The number of nitrogens with zero attached hydrogens (tertiary/aromatic N) is 4. The van der Waals surface area contributed by atoms with Crippen LogP contribution in [0.25, 0.3) is 10.9 Å². The zero-order valence-corrected chi connectivity index (χ0v) is 15.6. The molecule has 0 N–H and O–H groups in total. The number of benzene rings is 1. The Morgan fingerprint density at radius 1 is 1.26 bits per heavy atom. The van der Waals surface area contributed by atoms with E-state index in [1.165, 1.54) is 0 Å². The second-order valence-corrected chi connectivity index (χ2v) is 7.02. The van der Waals surface area contributed by atoms with Crippen molar-refractivity contribution < 1.29 is 14.3 Å². The van der Waals surface area contributed by atoms with Crippen molar-refractivity contribution >= 4 is 22.8 Å². The van der Waals surface area contributed by atoms with Crippen LogP contribution in [0.4, 0.5) is 0 Å². The van der Waals surface area contributed by atoms with Gasteiger partial charge in [-0.2, -0.15) is 0 Å². The molecule has 2 aromatic rings. The summed E-state index contributed by atoms with van der Waals surface area (Å²) in [5, 5.41) is 8.27. The lowest BCUT2D eigenvalue weighted by Gasteiger charge is -2.31. The third-order valence-electron chi connectivity index (χ3n) is 4.91. The van der Waals surface area contributed by atoms with Crippen LogP contribution in [0.3, 0.4) is 0 Å². The average molecular weight is 372 g/mol. The normalized spacial score (nSPS) is 16.3. The van der Waals surface area contributed by atoms with Gasteiger partial charge in [0.2, 0.25) is 0 Å². The molecule has 1 amide bonds. The summed E-state index contributed by atoms with van der Waals surface area (Å²) in [7, 11) is 0. The zero-order chi connectivity index (χ0) is 19.4. The minimum Gasteiger partial charge on any atom is -0.452 e. The second kappa shape index (κ2) is 8.28. The van der Waals surface area contributed by atoms with Crippen LogP contribution < -0.4 is 5.56 Å². The third kappa shape index (κ3) is 4.50. The van der Waals surface area contributed by atoms with Gasteiger partial charge in [0.25, 0.3) is 11.5 Å². The highest BCUT2D eigenvalue weighted by Gasteiger charge is 2.26. The maximum Gasteiger partial charge on any atom is 0.308 e. The minimum atomic E-state index is -0.828. The molecular weight excluding hydrogens is 348 g/mol. The predicted octanol–water partition coefficient (Wildman–Crippen LogP) is 1.37. The molecule has 1 atom stereocenters. The summed E-state index contributed by atoms with van der Waals surface area (Å²) in [4.78, 5) is 38.6. The van der Waals surface area contributed by atoms with Crippen molar-refractivity contribution in [3.63, 3.8) is 0 Å². The van der Waals surface area contributed by atoms with Crippen LogP contribution in [0.1, 0.15) is 33.1 Å². The van der Waals surface area contributed by atoms with Crippen molar-refractivity contribution in [1.29, 1.82) is 0 Å². The molecule has 1 aromatic heterocycles. The molecule has 1 aliphatic heterocycles. The minimum absolute atomic E-state index is 0.0532. The number of aryl methyl sites for hydroxylation is 1. The fourth-order valence-corrected chi connectivity index (χ4v) is 3.16. The van der Waals surface area contributed by atoms with E-state index in [1.54, 1.807) is 36.1 Å². The molecule has 0 radical (unpaired) electrons. The first-order valence-electron chi connectivity index (χ1n) is 9.26. The number of hydrogen-bond donors (Lipinski definition) is 0. The molecule has 0 bridgehead atoms. The molecule has 8 heteroatoms. The van der Waals surface area contributed by atoms with Crippen molar-refractivity contribution in [2.75, 3.05) is 13.1 Å². The van der Waals surface area contributed by atoms with E-state index < -0.39 is 12.1 Å². The second-order valence-electron chi connectivity index (χ2n) is 7.02. The highest BCUT2D eigenvalue weighted by atomic mass is 16.5.